The van der Waals surface area contributed by atoms with Gasteiger partial charge in [-0.1, -0.05) is 0 Å². The summed E-state index contributed by atoms with van der Waals surface area (Å²) < 4.78 is 39.8. The van der Waals surface area contributed by atoms with Gasteiger partial charge in [-0.3, -0.25) is 5.14 Å². The van der Waals surface area contributed by atoms with E-state index < -0.39 is 33.0 Å². The van der Waals surface area contributed by atoms with Crippen LogP contribution in [0.1, 0.15) is 128 Å². The van der Waals surface area contributed by atoms with E-state index in [-0.39, 0.29) is 69.5 Å². The number of nitrogens with one attached hydrogen (secondary N) is 1. The summed E-state index contributed by atoms with van der Waals surface area (Å²) >= 11 is 0. The molecular formula is C31H66Cl2MgN4O4S3. The van der Waals surface area contributed by atoms with Crippen LogP contribution in [0.3, 0.4) is 0 Å². The van der Waals surface area contributed by atoms with Crippen LogP contribution in [0.15, 0.2) is 4.40 Å². The molecule has 45 heavy (non-hydrogen) atoms. The van der Waals surface area contributed by atoms with Crippen LogP contribution in [0.5, 0.6) is 0 Å². The van der Waals surface area contributed by atoms with E-state index in [1.165, 1.54) is 38.5 Å². The van der Waals surface area contributed by atoms with Crippen molar-refractivity contribution in [2.75, 3.05) is 0 Å². The minimum absolute atomic E-state index is 0. The van der Waals surface area contributed by atoms with Crippen LogP contribution in [0.4, 0.5) is 0 Å². The number of hydrogen-bond acceptors (Lipinski definition) is 4. The van der Waals surface area contributed by atoms with Gasteiger partial charge in [-0.15, -0.1) is 0 Å². The molecule has 6 N–H and O–H groups in total. The quantitative estimate of drug-likeness (QED) is 0.131. The summed E-state index contributed by atoms with van der Waals surface area (Å²) in [6, 6.07) is 1.13. The Balaban J connectivity index is -0.000000150. The van der Waals surface area contributed by atoms with Crippen LogP contribution in [-0.4, -0.2) is 74.5 Å². The van der Waals surface area contributed by atoms with Gasteiger partial charge >= 0.3 is 23.1 Å². The van der Waals surface area contributed by atoms with Crippen LogP contribution in [0.2, 0.25) is 0 Å². The monoisotopic (exact) mass is 748 g/mol. The molecule has 0 saturated heterocycles. The first-order chi connectivity index (χ1) is 18.6. The minimum atomic E-state index is -1.18. The molecule has 0 heterocycles. The van der Waals surface area contributed by atoms with Gasteiger partial charge in [0, 0.05) is 24.1 Å². The molecule has 0 spiro atoms. The first-order valence-corrected chi connectivity index (χ1v) is 18.6. The third kappa shape index (κ3) is 33.3. The predicted octanol–water partition coefficient (Wildman–Crippen LogP) is -1.13. The van der Waals surface area contributed by atoms with Gasteiger partial charge in [0.25, 0.3) is 0 Å². The third-order valence-corrected chi connectivity index (χ3v) is 10.8. The van der Waals surface area contributed by atoms with Crippen molar-refractivity contribution in [3.8, 4) is 0 Å². The summed E-state index contributed by atoms with van der Waals surface area (Å²) in [5.41, 5.74) is 3.90. The average molecular weight is 750 g/mol. The van der Waals surface area contributed by atoms with Crippen molar-refractivity contribution < 1.29 is 48.0 Å². The maximum absolute atomic E-state index is 11.6. The van der Waals surface area contributed by atoms with Crippen molar-refractivity contribution in [3.63, 3.8) is 0 Å². The van der Waals surface area contributed by atoms with Crippen molar-refractivity contribution in [3.05, 3.63) is 7.43 Å². The zero-order valence-corrected chi connectivity index (χ0v) is 35.7. The molecule has 0 bridgehead atoms. The molecule has 4 saturated carbocycles. The summed E-state index contributed by atoms with van der Waals surface area (Å²) in [7, 11) is -3.13. The summed E-state index contributed by atoms with van der Waals surface area (Å²) in [6.07, 6.45) is 13.1. The topological polar surface area (TPSA) is 146 Å². The van der Waals surface area contributed by atoms with Crippen LogP contribution in [0.25, 0.3) is 0 Å². The van der Waals surface area contributed by atoms with Gasteiger partial charge in [0.15, 0.2) is 0 Å². The largest absolute Gasteiger partial charge is 2.00 e. The van der Waals surface area contributed by atoms with Crippen LogP contribution in [-0.2, 0) is 37.8 Å². The number of nitrogens with zero attached hydrogens (tertiary/aromatic N) is 1. The van der Waals surface area contributed by atoms with Gasteiger partial charge in [-0.2, -0.15) is 4.40 Å². The molecular weight excluding hydrogens is 684 g/mol. The number of carbonyl (C=O) groups excluding carboxylic acids is 1. The number of rotatable bonds is 7. The zero-order chi connectivity index (χ0) is 32.2. The molecule has 268 valence electrons. The minimum Gasteiger partial charge on any atom is -1.00 e. The molecule has 0 unspecified atom stereocenters. The molecule has 4 rings (SSSR count). The van der Waals surface area contributed by atoms with Crippen molar-refractivity contribution in [1.82, 2.24) is 4.72 Å². The van der Waals surface area contributed by atoms with Gasteiger partial charge < -0.3 is 42.8 Å². The molecule has 0 aromatic heterocycles. The Hall–Kier alpha value is 1.02. The Morgan fingerprint density at radius 3 is 1.31 bits per heavy atom. The molecule has 0 amide bonds. The van der Waals surface area contributed by atoms with E-state index in [0.29, 0.717) is 23.9 Å². The normalized spacial score (nSPS) is 20.5. The van der Waals surface area contributed by atoms with Gasteiger partial charge in [0.1, 0.15) is 17.3 Å². The molecule has 0 radical (unpaired) electrons. The first-order valence-electron chi connectivity index (χ1n) is 15.2. The summed E-state index contributed by atoms with van der Waals surface area (Å²) in [5.74, 6) is 2.84. The van der Waals surface area contributed by atoms with Crippen molar-refractivity contribution in [2.45, 2.75) is 154 Å². The number of hydrogen-bond donors (Lipinski definition) is 3. The molecule has 5 atom stereocenters. The van der Waals surface area contributed by atoms with Crippen molar-refractivity contribution >= 4 is 68.5 Å². The number of aldehydes is 1. The number of quaternary nitrogens is 1. The van der Waals surface area contributed by atoms with E-state index in [0.717, 1.165) is 31.0 Å². The van der Waals surface area contributed by atoms with E-state index in [9.17, 15) is 17.4 Å². The van der Waals surface area contributed by atoms with E-state index in [1.807, 2.05) is 68.5 Å². The molecule has 0 aromatic rings. The molecule has 0 aliphatic heterocycles. The molecule has 14 heteroatoms. The smallest absolute Gasteiger partial charge is 1.00 e. The fourth-order valence-corrected chi connectivity index (χ4v) is 3.96. The molecule has 4 aliphatic carbocycles. The van der Waals surface area contributed by atoms with Crippen LogP contribution >= 0.6 is 0 Å². The Bertz CT molecular complexity index is 880. The van der Waals surface area contributed by atoms with Gasteiger partial charge in [0.05, 0.1) is 42.3 Å². The number of carbonyl (C=O) groups is 1. The Kier molecular flexibility index (Phi) is 31.9. The third-order valence-electron chi connectivity index (χ3n) is 6.54. The second-order valence-electron chi connectivity index (χ2n) is 14.8. The Morgan fingerprint density at radius 2 is 1.13 bits per heavy atom. The zero-order valence-electron chi connectivity index (χ0n) is 30.3. The summed E-state index contributed by atoms with van der Waals surface area (Å²) in [4.78, 5) is 9.57. The molecule has 4 fully saturated rings. The molecule has 0 aromatic carbocycles. The fraction of sp³-hybridized carbons (Fsp3) is 0.903. The van der Waals surface area contributed by atoms with E-state index in [4.69, 9.17) is 5.14 Å². The second kappa shape index (κ2) is 25.9. The van der Waals surface area contributed by atoms with Crippen LogP contribution in [0, 0.1) is 31.1 Å². The van der Waals surface area contributed by atoms with Crippen LogP contribution < -0.4 is 40.4 Å². The van der Waals surface area contributed by atoms with Crippen molar-refractivity contribution in [1.29, 1.82) is 0 Å². The second-order valence-corrected chi connectivity index (χ2v) is 20.5. The van der Waals surface area contributed by atoms with Gasteiger partial charge in [-0.05, 0) is 139 Å². The van der Waals surface area contributed by atoms with E-state index in [2.05, 4.69) is 28.7 Å². The number of nitrogens with two attached hydrogens (primary N) is 1. The summed E-state index contributed by atoms with van der Waals surface area (Å²) in [5, 5.41) is 5.04. The fourth-order valence-electron chi connectivity index (χ4n) is 2.48. The van der Waals surface area contributed by atoms with E-state index >= 15 is 0 Å². The van der Waals surface area contributed by atoms with Gasteiger partial charge in [-0.25, -0.2) is 17.3 Å². The molecule has 4 aliphatic rings. The molecule has 8 nitrogen and oxygen atoms in total. The summed E-state index contributed by atoms with van der Waals surface area (Å²) in [6.45, 7) is 21.6. The predicted molar refractivity (Wildman–Crippen MR) is 190 cm³/mol. The Morgan fingerprint density at radius 1 is 0.756 bits per heavy atom. The standard InChI is InChI=1S/C9H19NOS.C8H15NOS.C5H11N.C4H11NOS.C4H6O.CH3.2ClH.Mg/c1-7(8-5-6-8)10-12(11)9(2,3)4;1-8(2,3)11(10)9-6-7-4-5-7;1-4(6)5-2-3-5;1-4(2,3)7(5)6;5-3-4-1-2-4;;;;/h7-8,10H,5-6H2,1-4H3;6-7H,4-5H2,1-3H3;4-5H,2-3,6H2,1H3;5H2,1-3H3;3-4H,1-2H2;1H3;2*1H;/q;;;;;-1;;;+2/p-1/t7-,12+;11-;4-;7-;;;;;/m0101...../s1. The average Bonchev–Trinajstić information content (AvgIpc) is 3.68. The van der Waals surface area contributed by atoms with Gasteiger partial charge in [0.2, 0.25) is 0 Å². The maximum Gasteiger partial charge on any atom is 2.00 e. The number of halogens is 2. The SMILES string of the molecule is CC(C)(C)[S@@](=O)N=CC1CC1.CC(C)(C)[S@](N)=O.C[C@H](N[S@](=O)C(C)(C)C)C1CC1.C[C@H]([NH3+])C1CC1.O=CC1CC1.[CH3-].[Cl-].[Cl-].[Mg+2]. The van der Waals surface area contributed by atoms with Crippen molar-refractivity contribution in [2.24, 2.45) is 33.2 Å². The van der Waals surface area contributed by atoms with E-state index in [1.54, 1.807) is 0 Å². The maximum atomic E-state index is 11.6. The first kappa shape index (κ1) is 55.4. The Labute approximate surface area is 313 Å².